The fourth-order valence-electron chi connectivity index (χ4n) is 1.72. The van der Waals surface area contributed by atoms with Crippen molar-refractivity contribution in [3.8, 4) is 0 Å². The van der Waals surface area contributed by atoms with E-state index < -0.39 is 4.92 Å². The van der Waals surface area contributed by atoms with Gasteiger partial charge in [-0.25, -0.2) is 0 Å². The van der Waals surface area contributed by atoms with Gasteiger partial charge in [-0.1, -0.05) is 13.3 Å². The van der Waals surface area contributed by atoms with Gasteiger partial charge in [0.25, 0.3) is 5.69 Å². The van der Waals surface area contributed by atoms with Gasteiger partial charge in [0.1, 0.15) is 0 Å². The van der Waals surface area contributed by atoms with Crippen LogP contribution in [0, 0.1) is 16.0 Å². The van der Waals surface area contributed by atoms with Crippen LogP contribution in [0.1, 0.15) is 19.8 Å². The number of nitro benzene ring substituents is 1. The second kappa shape index (κ2) is 6.84. The number of anilines is 1. The smallest absolute Gasteiger partial charge is 0.269 e. The monoisotopic (exact) mass is 265 g/mol. The maximum absolute atomic E-state index is 12.0. The normalized spacial score (nSPS) is 11.9. The Kier molecular flexibility index (Phi) is 5.44. The second-order valence-corrected chi connectivity index (χ2v) is 4.44. The number of non-ortho nitro benzene ring substituents is 1. The highest BCUT2D eigenvalue weighted by Gasteiger charge is 2.16. The first-order valence-electron chi connectivity index (χ1n) is 6.20. The lowest BCUT2D eigenvalue weighted by molar-refractivity contribution is -0.384. The van der Waals surface area contributed by atoms with E-state index in [2.05, 4.69) is 0 Å². The van der Waals surface area contributed by atoms with Gasteiger partial charge in [0.05, 0.1) is 4.92 Å². The number of carbonyl (C=O) groups excluding carboxylic acids is 1. The number of benzene rings is 1. The molecule has 104 valence electrons. The van der Waals surface area contributed by atoms with Gasteiger partial charge in [0.2, 0.25) is 5.91 Å². The number of hydrogen-bond donors (Lipinski definition) is 1. The largest absolute Gasteiger partial charge is 0.330 e. The topological polar surface area (TPSA) is 89.5 Å². The molecule has 0 saturated heterocycles. The minimum absolute atomic E-state index is 0.0120. The summed E-state index contributed by atoms with van der Waals surface area (Å²) in [6.45, 7) is 2.48. The Morgan fingerprint density at radius 3 is 2.42 bits per heavy atom. The summed E-state index contributed by atoms with van der Waals surface area (Å²) in [5.41, 5.74) is 6.23. The van der Waals surface area contributed by atoms with Crippen molar-refractivity contribution in [2.45, 2.75) is 19.8 Å². The summed E-state index contributed by atoms with van der Waals surface area (Å²) in [6.07, 6.45) is 1.25. The van der Waals surface area contributed by atoms with E-state index in [4.69, 9.17) is 5.73 Å². The van der Waals surface area contributed by atoms with Gasteiger partial charge in [-0.3, -0.25) is 14.9 Å². The van der Waals surface area contributed by atoms with E-state index in [-0.39, 0.29) is 17.5 Å². The van der Waals surface area contributed by atoms with Crippen LogP contribution in [0.25, 0.3) is 0 Å². The molecular weight excluding hydrogens is 246 g/mol. The Hall–Kier alpha value is -1.95. The predicted molar refractivity (Wildman–Crippen MR) is 74.0 cm³/mol. The Labute approximate surface area is 112 Å². The van der Waals surface area contributed by atoms with E-state index in [9.17, 15) is 14.9 Å². The van der Waals surface area contributed by atoms with Crippen molar-refractivity contribution in [2.75, 3.05) is 18.5 Å². The van der Waals surface area contributed by atoms with Crippen LogP contribution < -0.4 is 10.6 Å². The molecule has 0 aromatic heterocycles. The molecule has 1 aromatic rings. The maximum Gasteiger partial charge on any atom is 0.269 e. The minimum atomic E-state index is -0.465. The van der Waals surface area contributed by atoms with Crippen molar-refractivity contribution in [3.05, 3.63) is 34.4 Å². The highest BCUT2D eigenvalue weighted by Crippen LogP contribution is 2.20. The Morgan fingerprint density at radius 1 is 1.42 bits per heavy atom. The molecular formula is C13H19N3O3. The van der Waals surface area contributed by atoms with Gasteiger partial charge in [-0.2, -0.15) is 0 Å². The van der Waals surface area contributed by atoms with Crippen LogP contribution in [0.15, 0.2) is 24.3 Å². The van der Waals surface area contributed by atoms with Gasteiger partial charge in [-0.05, 0) is 24.6 Å². The van der Waals surface area contributed by atoms with Gasteiger partial charge >= 0.3 is 0 Å². The number of carbonyl (C=O) groups is 1. The number of amides is 1. The van der Waals surface area contributed by atoms with Gasteiger partial charge in [0, 0.05) is 31.3 Å². The molecule has 0 fully saturated rings. The average Bonchev–Trinajstić information content (AvgIpc) is 2.43. The van der Waals surface area contributed by atoms with Crippen molar-refractivity contribution in [1.82, 2.24) is 0 Å². The third-order valence-electron chi connectivity index (χ3n) is 3.20. The van der Waals surface area contributed by atoms with Crippen molar-refractivity contribution in [3.63, 3.8) is 0 Å². The quantitative estimate of drug-likeness (QED) is 0.628. The van der Waals surface area contributed by atoms with Gasteiger partial charge in [-0.15, -0.1) is 0 Å². The molecule has 6 heteroatoms. The van der Waals surface area contributed by atoms with Crippen molar-refractivity contribution in [2.24, 2.45) is 11.7 Å². The van der Waals surface area contributed by atoms with Crippen LogP contribution in [0.5, 0.6) is 0 Å². The molecule has 0 saturated carbocycles. The van der Waals surface area contributed by atoms with Crippen LogP contribution in [-0.4, -0.2) is 24.4 Å². The van der Waals surface area contributed by atoms with Gasteiger partial charge in [0.15, 0.2) is 0 Å². The van der Waals surface area contributed by atoms with Crippen molar-refractivity contribution < 1.29 is 9.72 Å². The third kappa shape index (κ3) is 4.03. The molecule has 19 heavy (non-hydrogen) atoms. The summed E-state index contributed by atoms with van der Waals surface area (Å²) in [7, 11) is 1.66. The standard InChI is InChI=1S/C13H19N3O3/c1-3-10(9-14)8-13(17)15(2)11-4-6-12(7-5-11)16(18)19/h4-7,10H,3,8-9,14H2,1-2H3. The number of nitro groups is 1. The van der Waals surface area contributed by atoms with Crippen LogP contribution in [0.3, 0.4) is 0 Å². The van der Waals surface area contributed by atoms with E-state index >= 15 is 0 Å². The first-order chi connectivity index (χ1) is 8.99. The highest BCUT2D eigenvalue weighted by atomic mass is 16.6. The number of rotatable bonds is 6. The zero-order valence-corrected chi connectivity index (χ0v) is 11.2. The Morgan fingerprint density at radius 2 is 2.00 bits per heavy atom. The first-order valence-corrected chi connectivity index (χ1v) is 6.20. The van der Waals surface area contributed by atoms with Crippen LogP contribution in [-0.2, 0) is 4.79 Å². The molecule has 0 bridgehead atoms. The SMILES string of the molecule is CCC(CN)CC(=O)N(C)c1ccc([N+](=O)[O-])cc1. The summed E-state index contributed by atoms with van der Waals surface area (Å²) in [5, 5.41) is 10.6. The zero-order valence-electron chi connectivity index (χ0n) is 11.2. The molecule has 1 unspecified atom stereocenters. The summed E-state index contributed by atoms with van der Waals surface area (Å²) >= 11 is 0. The fourth-order valence-corrected chi connectivity index (χ4v) is 1.72. The molecule has 0 spiro atoms. The maximum atomic E-state index is 12.0. The molecule has 0 radical (unpaired) electrons. The third-order valence-corrected chi connectivity index (χ3v) is 3.20. The average molecular weight is 265 g/mol. The molecule has 6 nitrogen and oxygen atoms in total. The molecule has 0 heterocycles. The highest BCUT2D eigenvalue weighted by molar-refractivity contribution is 5.93. The van der Waals surface area contributed by atoms with Crippen LogP contribution in [0.2, 0.25) is 0 Å². The number of hydrogen-bond acceptors (Lipinski definition) is 4. The lowest BCUT2D eigenvalue weighted by Crippen LogP contribution is -2.30. The van der Waals surface area contributed by atoms with Gasteiger partial charge < -0.3 is 10.6 Å². The summed E-state index contributed by atoms with van der Waals surface area (Å²) < 4.78 is 0. The minimum Gasteiger partial charge on any atom is -0.330 e. The van der Waals surface area contributed by atoms with Crippen molar-refractivity contribution in [1.29, 1.82) is 0 Å². The first kappa shape index (κ1) is 15.1. The Balaban J connectivity index is 2.73. The molecule has 1 atom stereocenters. The molecule has 1 rings (SSSR count). The number of nitrogens with zero attached hydrogens (tertiary/aromatic N) is 2. The lowest BCUT2D eigenvalue weighted by atomic mass is 10.0. The van der Waals surface area contributed by atoms with Crippen LogP contribution in [0.4, 0.5) is 11.4 Å². The van der Waals surface area contributed by atoms with E-state index in [0.717, 1.165) is 6.42 Å². The predicted octanol–water partition coefficient (Wildman–Crippen LogP) is 1.93. The zero-order chi connectivity index (χ0) is 14.4. The molecule has 0 aliphatic heterocycles. The molecule has 2 N–H and O–H groups in total. The van der Waals surface area contributed by atoms with E-state index in [1.54, 1.807) is 19.2 Å². The van der Waals surface area contributed by atoms with E-state index in [1.165, 1.54) is 17.0 Å². The second-order valence-electron chi connectivity index (χ2n) is 4.44. The Bertz CT molecular complexity index is 441. The fraction of sp³-hybridized carbons (Fsp3) is 0.462. The molecule has 0 aliphatic rings. The number of nitrogens with two attached hydrogens (primary N) is 1. The summed E-state index contributed by atoms with van der Waals surface area (Å²) in [6, 6.07) is 5.91. The summed E-state index contributed by atoms with van der Waals surface area (Å²) in [4.78, 5) is 23.6. The van der Waals surface area contributed by atoms with E-state index in [0.29, 0.717) is 18.7 Å². The molecule has 1 amide bonds. The lowest BCUT2D eigenvalue weighted by Gasteiger charge is -2.20. The summed E-state index contributed by atoms with van der Waals surface area (Å²) in [5.74, 6) is 0.138. The molecule has 1 aromatic carbocycles. The van der Waals surface area contributed by atoms with Crippen molar-refractivity contribution >= 4 is 17.3 Å². The molecule has 0 aliphatic carbocycles. The van der Waals surface area contributed by atoms with Crippen LogP contribution >= 0.6 is 0 Å². The van der Waals surface area contributed by atoms with E-state index in [1.807, 2.05) is 6.92 Å².